The first-order valence-corrected chi connectivity index (χ1v) is 12.5. The lowest BCUT2D eigenvalue weighted by molar-refractivity contribution is 0.253. The molecule has 2 aliphatic heterocycles. The number of aromatic nitrogens is 3. The first-order chi connectivity index (χ1) is 17.2. The second-order valence-corrected chi connectivity index (χ2v) is 9.78. The van der Waals surface area contributed by atoms with E-state index in [1.54, 1.807) is 0 Å². The highest BCUT2D eigenvalue weighted by Crippen LogP contribution is 2.44. The Morgan fingerprint density at radius 1 is 0.897 bits per heavy atom. The van der Waals surface area contributed by atoms with E-state index in [2.05, 4.69) is 69.8 Å². The maximum atomic E-state index is 6.64. The van der Waals surface area contributed by atoms with Crippen LogP contribution in [-0.2, 0) is 5.54 Å². The fourth-order valence-electron chi connectivity index (χ4n) is 5.56. The summed E-state index contributed by atoms with van der Waals surface area (Å²) in [7, 11) is 0. The highest BCUT2D eigenvalue weighted by atomic mass is 35.5. The molecule has 0 saturated heterocycles. The van der Waals surface area contributed by atoms with Crippen molar-refractivity contribution >= 4 is 66.7 Å². The highest BCUT2D eigenvalue weighted by molar-refractivity contribution is 5.90. The van der Waals surface area contributed by atoms with Crippen LogP contribution in [0.15, 0.2) is 72.9 Å². The van der Waals surface area contributed by atoms with Gasteiger partial charge in [-0.05, 0) is 67.6 Å². The van der Waals surface area contributed by atoms with Crippen LogP contribution >= 0.6 is 49.6 Å². The number of nitrogens with zero attached hydrogens (tertiary/aromatic N) is 3. The van der Waals surface area contributed by atoms with Crippen LogP contribution in [0.5, 0.6) is 0 Å². The molecule has 2 aromatic carbocycles. The van der Waals surface area contributed by atoms with Crippen molar-refractivity contribution in [2.24, 2.45) is 5.73 Å². The van der Waals surface area contributed by atoms with Gasteiger partial charge in [0.2, 0.25) is 0 Å². The molecular formula is C29H32Cl4N6. The van der Waals surface area contributed by atoms with Crippen molar-refractivity contribution in [3.8, 4) is 28.3 Å². The first kappa shape index (κ1) is 31.0. The normalized spacial score (nSPS) is 15.9. The first-order valence-electron chi connectivity index (χ1n) is 12.5. The van der Waals surface area contributed by atoms with E-state index >= 15 is 0 Å². The van der Waals surface area contributed by atoms with E-state index in [4.69, 9.17) is 15.7 Å². The molecule has 7 rings (SSSR count). The fourth-order valence-corrected chi connectivity index (χ4v) is 5.56. The molecule has 4 aromatic rings. The van der Waals surface area contributed by atoms with Gasteiger partial charge in [0, 0.05) is 29.4 Å². The zero-order valence-electron chi connectivity index (χ0n) is 21.2. The Bertz CT molecular complexity index is 1480. The third kappa shape index (κ3) is 5.18. The van der Waals surface area contributed by atoms with Gasteiger partial charge >= 0.3 is 0 Å². The highest BCUT2D eigenvalue weighted by Gasteiger charge is 2.34. The Labute approximate surface area is 253 Å². The summed E-state index contributed by atoms with van der Waals surface area (Å²) in [6, 6.07) is 21.3. The average Bonchev–Trinajstić information content (AvgIpc) is 3.22. The molecule has 10 heteroatoms. The van der Waals surface area contributed by atoms with Crippen molar-refractivity contribution < 1.29 is 0 Å². The zero-order chi connectivity index (χ0) is 23.4. The Balaban J connectivity index is 0.00000105. The third-order valence-corrected chi connectivity index (χ3v) is 7.67. The minimum atomic E-state index is -0.174. The van der Waals surface area contributed by atoms with Gasteiger partial charge in [-0.3, -0.25) is 4.57 Å². The Morgan fingerprint density at radius 2 is 1.67 bits per heavy atom. The number of nitrogens with one attached hydrogen (secondary N) is 2. The summed E-state index contributed by atoms with van der Waals surface area (Å²) < 4.78 is 2.29. The number of halogens is 4. The number of hydrogen-bond donors (Lipinski definition) is 3. The molecule has 206 valence electrons. The van der Waals surface area contributed by atoms with Gasteiger partial charge in [0.15, 0.2) is 5.82 Å². The van der Waals surface area contributed by atoms with Crippen LogP contribution in [-0.4, -0.2) is 27.6 Å². The molecule has 0 spiro atoms. The van der Waals surface area contributed by atoms with E-state index in [0.29, 0.717) is 0 Å². The molecule has 0 amide bonds. The van der Waals surface area contributed by atoms with Crippen molar-refractivity contribution in [2.75, 3.05) is 18.4 Å². The number of fused-ring (bicyclic) bond motifs is 5. The van der Waals surface area contributed by atoms with Crippen molar-refractivity contribution in [3.63, 3.8) is 0 Å². The van der Waals surface area contributed by atoms with Gasteiger partial charge in [-0.15, -0.1) is 49.6 Å². The maximum absolute atomic E-state index is 6.64. The summed E-state index contributed by atoms with van der Waals surface area (Å²) in [6.45, 7) is 1.82. The molecule has 39 heavy (non-hydrogen) atoms. The summed E-state index contributed by atoms with van der Waals surface area (Å²) in [5.74, 6) is 1.76. The van der Waals surface area contributed by atoms with Crippen LogP contribution in [0.2, 0.25) is 0 Å². The van der Waals surface area contributed by atoms with E-state index in [-0.39, 0.29) is 55.2 Å². The minimum Gasteiger partial charge on any atom is -0.338 e. The number of nitrogens with two attached hydrogens (primary N) is 1. The van der Waals surface area contributed by atoms with Crippen LogP contribution in [0.3, 0.4) is 0 Å². The van der Waals surface area contributed by atoms with Gasteiger partial charge in [0.25, 0.3) is 0 Å². The van der Waals surface area contributed by atoms with Gasteiger partial charge in [0.05, 0.1) is 22.8 Å². The van der Waals surface area contributed by atoms with Gasteiger partial charge in [-0.25, -0.2) is 9.97 Å². The molecule has 1 saturated carbocycles. The van der Waals surface area contributed by atoms with E-state index in [1.807, 2.05) is 18.3 Å². The van der Waals surface area contributed by atoms with Crippen molar-refractivity contribution in [1.29, 1.82) is 0 Å². The summed E-state index contributed by atoms with van der Waals surface area (Å²) in [5, 5.41) is 6.98. The number of anilines is 2. The Hall–Kier alpha value is -2.58. The lowest BCUT2D eigenvalue weighted by Crippen LogP contribution is -2.43. The van der Waals surface area contributed by atoms with Crippen LogP contribution in [0, 0.1) is 0 Å². The second kappa shape index (κ2) is 12.3. The van der Waals surface area contributed by atoms with E-state index in [1.165, 1.54) is 17.6 Å². The molecule has 0 atom stereocenters. The standard InChI is InChI=1S/C29H28N6.4ClH/c30-29(14-4-15-29)21-10-8-20(9-11-21)26-25(19-12-17-31-18-13-19)34-28-22-5-1-2-6-23(22)33-27-24(35(26)28)7-3-16-32-27;;;;/h1-3,5-12,16,31H,4,13-15,17-18,30H2,(H,32,33);4*1H. The lowest BCUT2D eigenvalue weighted by atomic mass is 9.72. The molecule has 0 unspecified atom stereocenters. The summed E-state index contributed by atoms with van der Waals surface area (Å²) in [4.78, 5) is 10.0. The third-order valence-electron chi connectivity index (χ3n) is 7.67. The molecule has 1 fully saturated rings. The van der Waals surface area contributed by atoms with Crippen LogP contribution in [0.1, 0.15) is 36.9 Å². The molecular weight excluding hydrogens is 574 g/mol. The topological polar surface area (TPSA) is 80.8 Å². The number of benzene rings is 2. The molecule has 3 aliphatic rings. The van der Waals surface area contributed by atoms with Crippen LogP contribution < -0.4 is 16.4 Å². The van der Waals surface area contributed by atoms with Crippen LogP contribution in [0.25, 0.3) is 33.9 Å². The predicted molar refractivity (Wildman–Crippen MR) is 170 cm³/mol. The van der Waals surface area contributed by atoms with Gasteiger partial charge in [-0.2, -0.15) is 0 Å². The van der Waals surface area contributed by atoms with Crippen LogP contribution in [0.4, 0.5) is 11.5 Å². The largest absolute Gasteiger partial charge is 0.338 e. The number of imidazole rings is 1. The van der Waals surface area contributed by atoms with E-state index < -0.39 is 0 Å². The number of pyridine rings is 1. The van der Waals surface area contributed by atoms with E-state index in [0.717, 1.165) is 77.9 Å². The molecule has 6 nitrogen and oxygen atoms in total. The number of para-hydroxylation sites is 1. The summed E-state index contributed by atoms with van der Waals surface area (Å²) in [5.41, 5.74) is 15.3. The van der Waals surface area contributed by atoms with Crippen molar-refractivity contribution in [3.05, 3.63) is 84.2 Å². The van der Waals surface area contributed by atoms with Gasteiger partial charge in [-0.1, -0.05) is 42.5 Å². The molecule has 1 aliphatic carbocycles. The second-order valence-electron chi connectivity index (χ2n) is 9.78. The van der Waals surface area contributed by atoms with Gasteiger partial charge < -0.3 is 16.4 Å². The Kier molecular flexibility index (Phi) is 9.76. The smallest absolute Gasteiger partial charge is 0.154 e. The fraction of sp³-hybridized carbons (Fsp3) is 0.241. The monoisotopic (exact) mass is 604 g/mol. The quantitative estimate of drug-likeness (QED) is 0.205. The number of hydrogen-bond acceptors (Lipinski definition) is 5. The molecule has 0 radical (unpaired) electrons. The minimum absolute atomic E-state index is 0. The maximum Gasteiger partial charge on any atom is 0.154 e. The zero-order valence-corrected chi connectivity index (χ0v) is 24.5. The predicted octanol–water partition coefficient (Wildman–Crippen LogP) is 7.06. The molecule has 4 heterocycles. The number of rotatable bonds is 3. The molecule has 0 bridgehead atoms. The molecule has 4 N–H and O–H groups in total. The molecule has 2 aromatic heterocycles. The van der Waals surface area contributed by atoms with Crippen molar-refractivity contribution in [2.45, 2.75) is 31.2 Å². The lowest BCUT2D eigenvalue weighted by Gasteiger charge is -2.38. The average molecular weight is 606 g/mol. The summed E-state index contributed by atoms with van der Waals surface area (Å²) >= 11 is 0. The summed E-state index contributed by atoms with van der Waals surface area (Å²) in [6.07, 6.45) is 8.38. The van der Waals surface area contributed by atoms with Gasteiger partial charge in [0.1, 0.15) is 5.82 Å². The van der Waals surface area contributed by atoms with E-state index in [9.17, 15) is 0 Å². The van der Waals surface area contributed by atoms with Crippen molar-refractivity contribution in [1.82, 2.24) is 19.9 Å². The Morgan fingerprint density at radius 3 is 2.36 bits per heavy atom. The SMILES string of the molecule is Cl.Cl.Cl.Cl.NC1(c2ccc(-c3c(C4=CCNCC4)nc4n3-c3cccnc3Nc3ccccc3-4)cc2)CCC1.